The van der Waals surface area contributed by atoms with Crippen LogP contribution >= 0.6 is 15.9 Å². The summed E-state index contributed by atoms with van der Waals surface area (Å²) in [5, 5.41) is 2.55. The standard InChI is InChI=1S/C16H14BrFN2O3S/c17-15-7-6-13(24(22,23)20-11-4-5-11)9-14(15)16(21)19-12-3-1-2-10(18)8-12/h1-3,6-9,11,20H,4-5H2,(H,19,21). The molecule has 0 heterocycles. The van der Waals surface area contributed by atoms with Crippen molar-refractivity contribution in [2.45, 2.75) is 23.8 Å². The zero-order chi connectivity index (χ0) is 17.3. The van der Waals surface area contributed by atoms with Crippen molar-refractivity contribution in [3.8, 4) is 0 Å². The van der Waals surface area contributed by atoms with Crippen molar-refractivity contribution in [3.05, 3.63) is 58.3 Å². The molecule has 0 bridgehead atoms. The number of rotatable bonds is 5. The van der Waals surface area contributed by atoms with Gasteiger partial charge in [-0.25, -0.2) is 17.5 Å². The molecule has 0 radical (unpaired) electrons. The van der Waals surface area contributed by atoms with E-state index in [1.165, 1.54) is 36.4 Å². The number of anilines is 1. The summed E-state index contributed by atoms with van der Waals surface area (Å²) >= 11 is 3.24. The molecule has 1 aliphatic carbocycles. The van der Waals surface area contributed by atoms with Crippen molar-refractivity contribution in [2.75, 3.05) is 5.32 Å². The first-order chi connectivity index (χ1) is 11.3. The van der Waals surface area contributed by atoms with Crippen LogP contribution in [0.15, 0.2) is 51.8 Å². The monoisotopic (exact) mass is 412 g/mol. The summed E-state index contributed by atoms with van der Waals surface area (Å²) in [5.41, 5.74) is 0.439. The fraction of sp³-hybridized carbons (Fsp3) is 0.188. The number of amides is 1. The molecule has 0 spiro atoms. The lowest BCUT2D eigenvalue weighted by Crippen LogP contribution is -2.26. The largest absolute Gasteiger partial charge is 0.322 e. The van der Waals surface area contributed by atoms with Gasteiger partial charge in [-0.05, 0) is 65.2 Å². The van der Waals surface area contributed by atoms with Crippen LogP contribution < -0.4 is 10.0 Å². The lowest BCUT2D eigenvalue weighted by Gasteiger charge is -2.10. The molecule has 0 atom stereocenters. The Balaban J connectivity index is 1.86. The molecular formula is C16H14BrFN2O3S. The number of hydrogen-bond acceptors (Lipinski definition) is 3. The average molecular weight is 413 g/mol. The van der Waals surface area contributed by atoms with Gasteiger partial charge in [-0.3, -0.25) is 4.79 Å². The zero-order valence-electron chi connectivity index (χ0n) is 12.4. The smallest absolute Gasteiger partial charge is 0.256 e. The fourth-order valence-corrected chi connectivity index (χ4v) is 3.86. The number of carbonyl (C=O) groups is 1. The third kappa shape index (κ3) is 4.00. The highest BCUT2D eigenvalue weighted by molar-refractivity contribution is 9.10. The van der Waals surface area contributed by atoms with Gasteiger partial charge in [-0.15, -0.1) is 0 Å². The summed E-state index contributed by atoms with van der Waals surface area (Å²) in [4.78, 5) is 12.4. The van der Waals surface area contributed by atoms with E-state index in [4.69, 9.17) is 0 Å². The van der Waals surface area contributed by atoms with Crippen molar-refractivity contribution in [1.82, 2.24) is 4.72 Å². The van der Waals surface area contributed by atoms with Crippen LogP contribution in [0.4, 0.5) is 10.1 Å². The van der Waals surface area contributed by atoms with Crippen LogP contribution in [0.2, 0.25) is 0 Å². The van der Waals surface area contributed by atoms with E-state index >= 15 is 0 Å². The van der Waals surface area contributed by atoms with Crippen LogP contribution in [-0.4, -0.2) is 20.4 Å². The van der Waals surface area contributed by atoms with Gasteiger partial charge >= 0.3 is 0 Å². The van der Waals surface area contributed by atoms with Gasteiger partial charge < -0.3 is 5.32 Å². The Morgan fingerprint density at radius 3 is 2.58 bits per heavy atom. The third-order valence-corrected chi connectivity index (χ3v) is 5.68. The first kappa shape index (κ1) is 17.1. The predicted octanol–water partition coefficient (Wildman–Crippen LogP) is 3.28. The molecule has 126 valence electrons. The van der Waals surface area contributed by atoms with Gasteiger partial charge in [0.05, 0.1) is 10.5 Å². The molecule has 0 aliphatic heterocycles. The number of carbonyl (C=O) groups excluding carboxylic acids is 1. The van der Waals surface area contributed by atoms with Gasteiger partial charge in [0.1, 0.15) is 5.82 Å². The highest BCUT2D eigenvalue weighted by Crippen LogP contribution is 2.25. The molecule has 1 fully saturated rings. The van der Waals surface area contributed by atoms with Crippen LogP contribution in [0.25, 0.3) is 0 Å². The Bertz CT molecular complexity index is 898. The van der Waals surface area contributed by atoms with Gasteiger partial charge in [-0.2, -0.15) is 0 Å². The Kier molecular flexibility index (Phi) is 4.71. The normalized spacial score (nSPS) is 14.4. The second kappa shape index (κ2) is 6.62. The summed E-state index contributed by atoms with van der Waals surface area (Å²) in [6.07, 6.45) is 1.64. The highest BCUT2D eigenvalue weighted by Gasteiger charge is 2.28. The number of halogens is 2. The molecule has 0 aromatic heterocycles. The topological polar surface area (TPSA) is 75.3 Å². The third-order valence-electron chi connectivity index (χ3n) is 3.47. The van der Waals surface area contributed by atoms with Gasteiger partial charge in [0.25, 0.3) is 5.91 Å². The van der Waals surface area contributed by atoms with Gasteiger partial charge in [-0.1, -0.05) is 6.07 Å². The van der Waals surface area contributed by atoms with E-state index in [0.29, 0.717) is 4.47 Å². The van der Waals surface area contributed by atoms with E-state index in [-0.39, 0.29) is 22.2 Å². The zero-order valence-corrected chi connectivity index (χ0v) is 14.8. The number of nitrogens with one attached hydrogen (secondary N) is 2. The highest BCUT2D eigenvalue weighted by atomic mass is 79.9. The maximum Gasteiger partial charge on any atom is 0.256 e. The summed E-state index contributed by atoms with van der Waals surface area (Å²) in [7, 11) is -3.66. The molecule has 1 aliphatic rings. The average Bonchev–Trinajstić information content (AvgIpc) is 3.30. The van der Waals surface area contributed by atoms with Gasteiger partial charge in [0, 0.05) is 16.2 Å². The van der Waals surface area contributed by atoms with Gasteiger partial charge in [0.15, 0.2) is 0 Å². The number of sulfonamides is 1. The maximum absolute atomic E-state index is 13.2. The molecule has 2 aromatic rings. The minimum atomic E-state index is -3.66. The predicted molar refractivity (Wildman–Crippen MR) is 91.8 cm³/mol. The lowest BCUT2D eigenvalue weighted by atomic mass is 10.2. The van der Waals surface area contributed by atoms with E-state index in [1.807, 2.05) is 0 Å². The van der Waals surface area contributed by atoms with E-state index in [1.54, 1.807) is 6.07 Å². The first-order valence-electron chi connectivity index (χ1n) is 7.24. The molecule has 1 amide bonds. The molecular weight excluding hydrogens is 399 g/mol. The summed E-state index contributed by atoms with van der Waals surface area (Å²) < 4.78 is 40.7. The molecule has 5 nitrogen and oxygen atoms in total. The Morgan fingerprint density at radius 1 is 1.17 bits per heavy atom. The molecule has 2 N–H and O–H groups in total. The van der Waals surface area contributed by atoms with E-state index in [9.17, 15) is 17.6 Å². The van der Waals surface area contributed by atoms with Crippen molar-refractivity contribution < 1.29 is 17.6 Å². The number of benzene rings is 2. The van der Waals surface area contributed by atoms with Gasteiger partial charge in [0.2, 0.25) is 10.0 Å². The van der Waals surface area contributed by atoms with Crippen molar-refractivity contribution in [1.29, 1.82) is 0 Å². The summed E-state index contributed by atoms with van der Waals surface area (Å²) in [6, 6.07) is 9.66. The van der Waals surface area contributed by atoms with Crippen LogP contribution in [0.1, 0.15) is 23.2 Å². The van der Waals surface area contributed by atoms with Crippen LogP contribution in [-0.2, 0) is 10.0 Å². The molecule has 2 aromatic carbocycles. The van der Waals surface area contributed by atoms with Crippen molar-refractivity contribution in [3.63, 3.8) is 0 Å². The SMILES string of the molecule is O=C(Nc1cccc(F)c1)c1cc(S(=O)(=O)NC2CC2)ccc1Br. The lowest BCUT2D eigenvalue weighted by molar-refractivity contribution is 0.102. The van der Waals surface area contributed by atoms with Crippen molar-refractivity contribution >= 4 is 37.5 Å². The molecule has 24 heavy (non-hydrogen) atoms. The fourth-order valence-electron chi connectivity index (χ4n) is 2.10. The molecule has 3 rings (SSSR count). The van der Waals surface area contributed by atoms with E-state index in [2.05, 4.69) is 26.0 Å². The minimum absolute atomic E-state index is 0.0157. The van der Waals surface area contributed by atoms with E-state index in [0.717, 1.165) is 12.8 Å². The Hall–Kier alpha value is -1.77. The second-order valence-electron chi connectivity index (χ2n) is 5.50. The molecule has 0 saturated heterocycles. The number of hydrogen-bond donors (Lipinski definition) is 2. The molecule has 0 unspecified atom stereocenters. The maximum atomic E-state index is 13.2. The molecule has 8 heteroatoms. The van der Waals surface area contributed by atoms with Crippen LogP contribution in [0, 0.1) is 5.82 Å². The minimum Gasteiger partial charge on any atom is -0.322 e. The second-order valence-corrected chi connectivity index (χ2v) is 8.07. The molecule has 1 saturated carbocycles. The quantitative estimate of drug-likeness (QED) is 0.790. The van der Waals surface area contributed by atoms with E-state index < -0.39 is 21.7 Å². The van der Waals surface area contributed by atoms with Crippen LogP contribution in [0.3, 0.4) is 0 Å². The Labute approximate surface area is 147 Å². The summed E-state index contributed by atoms with van der Waals surface area (Å²) in [6.45, 7) is 0. The van der Waals surface area contributed by atoms with Crippen LogP contribution in [0.5, 0.6) is 0 Å². The Morgan fingerprint density at radius 2 is 1.92 bits per heavy atom. The summed E-state index contributed by atoms with van der Waals surface area (Å²) in [5.74, 6) is -1.01. The van der Waals surface area contributed by atoms with Crippen molar-refractivity contribution in [2.24, 2.45) is 0 Å². The first-order valence-corrected chi connectivity index (χ1v) is 9.51.